The molecule has 0 atom stereocenters. The third-order valence-electron chi connectivity index (χ3n) is 8.41. The van der Waals surface area contributed by atoms with Gasteiger partial charge >= 0.3 is 0 Å². The Morgan fingerprint density at radius 3 is 1.30 bits per heavy atom. The summed E-state index contributed by atoms with van der Waals surface area (Å²) in [5.74, 6) is 0. The number of hydrogen-bond acceptors (Lipinski definition) is 4. The highest BCUT2D eigenvalue weighted by molar-refractivity contribution is 6.08. The topological polar surface area (TPSA) is 51.6 Å². The van der Waals surface area contributed by atoms with Gasteiger partial charge in [0.25, 0.3) is 0 Å². The molecule has 46 heavy (non-hydrogen) atoms. The Morgan fingerprint density at radius 1 is 0.348 bits per heavy atom. The molecule has 4 nitrogen and oxygen atoms in total. The number of nitrogens with zero attached hydrogens (tertiary/aromatic N) is 4. The smallest absolute Gasteiger partial charge is 0.0974 e. The second kappa shape index (κ2) is 11.5. The largest absolute Gasteiger partial charge is 0.251 e. The fourth-order valence-electron chi connectivity index (χ4n) is 6.17. The van der Waals surface area contributed by atoms with Crippen molar-refractivity contribution >= 4 is 21.8 Å². The molecular formula is C42H30N4. The molecule has 0 aliphatic rings. The second-order valence-electron chi connectivity index (χ2n) is 11.6. The second-order valence-corrected chi connectivity index (χ2v) is 11.6. The van der Waals surface area contributed by atoms with Gasteiger partial charge in [0.1, 0.15) is 0 Å². The first kappa shape index (κ1) is 27.5. The molecule has 8 aromatic rings. The number of fused-ring (bicyclic) bond motifs is 3. The molecule has 0 fully saturated rings. The van der Waals surface area contributed by atoms with Crippen LogP contribution in [0.25, 0.3) is 78.0 Å². The predicted octanol–water partition coefficient (Wildman–Crippen LogP) is 10.5. The van der Waals surface area contributed by atoms with Crippen LogP contribution in [0.4, 0.5) is 0 Å². The van der Waals surface area contributed by atoms with Crippen LogP contribution in [-0.2, 0) is 0 Å². The van der Waals surface area contributed by atoms with E-state index >= 15 is 0 Å². The van der Waals surface area contributed by atoms with Crippen LogP contribution in [0.5, 0.6) is 0 Å². The first-order chi connectivity index (χ1) is 22.6. The zero-order chi connectivity index (χ0) is 31.0. The minimum absolute atomic E-state index is 0.845. The van der Waals surface area contributed by atoms with E-state index in [4.69, 9.17) is 19.9 Å². The van der Waals surface area contributed by atoms with Gasteiger partial charge in [-0.1, -0.05) is 133 Å². The summed E-state index contributed by atoms with van der Waals surface area (Å²) in [6.07, 6.45) is 0. The molecule has 0 bridgehead atoms. The van der Waals surface area contributed by atoms with Crippen LogP contribution in [-0.4, -0.2) is 19.9 Å². The molecule has 0 saturated heterocycles. The van der Waals surface area contributed by atoms with Gasteiger partial charge < -0.3 is 0 Å². The van der Waals surface area contributed by atoms with Gasteiger partial charge in [0.05, 0.1) is 33.8 Å². The van der Waals surface area contributed by atoms with E-state index in [-0.39, 0.29) is 0 Å². The highest BCUT2D eigenvalue weighted by Gasteiger charge is 2.20. The van der Waals surface area contributed by atoms with E-state index < -0.39 is 0 Å². The molecule has 3 aromatic heterocycles. The maximum absolute atomic E-state index is 5.39. The minimum Gasteiger partial charge on any atom is -0.251 e. The zero-order valence-corrected chi connectivity index (χ0v) is 25.6. The van der Waals surface area contributed by atoms with E-state index in [1.807, 2.05) is 74.5 Å². The van der Waals surface area contributed by atoms with Gasteiger partial charge in [-0.25, -0.2) is 9.97 Å². The van der Waals surface area contributed by atoms with E-state index in [1.165, 1.54) is 0 Å². The summed E-state index contributed by atoms with van der Waals surface area (Å²) in [6.45, 7) is 4.07. The maximum atomic E-state index is 5.39. The van der Waals surface area contributed by atoms with Crippen molar-refractivity contribution in [3.05, 3.63) is 157 Å². The van der Waals surface area contributed by atoms with Crippen LogP contribution in [0.2, 0.25) is 0 Å². The third-order valence-corrected chi connectivity index (χ3v) is 8.41. The minimum atomic E-state index is 0.845. The lowest BCUT2D eigenvalue weighted by atomic mass is 9.96. The molecule has 5 aromatic carbocycles. The van der Waals surface area contributed by atoms with Crippen molar-refractivity contribution in [3.63, 3.8) is 0 Å². The van der Waals surface area contributed by atoms with Gasteiger partial charge in [-0.05, 0) is 37.1 Å². The maximum Gasteiger partial charge on any atom is 0.0974 e. The SMILES string of the molecule is Cc1ccc2ccc3c(-c4ccc(-c5nc(-c6ccccc6)c(-c6ccccc6)nc5-c5ccccc5)cc4)cc(C)nc3c2n1. The molecule has 0 unspecified atom stereocenters. The van der Waals surface area contributed by atoms with Crippen molar-refractivity contribution in [3.8, 4) is 56.2 Å². The molecule has 0 amide bonds. The van der Waals surface area contributed by atoms with Crippen LogP contribution in [0, 0.1) is 13.8 Å². The fraction of sp³-hybridized carbons (Fsp3) is 0.0476. The fourth-order valence-corrected chi connectivity index (χ4v) is 6.17. The first-order valence-corrected chi connectivity index (χ1v) is 15.5. The van der Waals surface area contributed by atoms with E-state index in [1.54, 1.807) is 0 Å². The standard InChI is InChI=1S/C42H30N4/c1-27-18-19-33-24-25-35-36(26-28(2)44-42(35)41(33)43-27)29-20-22-34(23-21-29)40-39(32-16-10-5-11-17-32)45-37(30-12-6-3-7-13-30)38(46-40)31-14-8-4-9-15-31/h3-26H,1-2H3. The number of aryl methyl sites for hydroxylation is 2. The van der Waals surface area contributed by atoms with E-state index in [0.29, 0.717) is 0 Å². The number of benzene rings is 5. The summed E-state index contributed by atoms with van der Waals surface area (Å²) in [4.78, 5) is 20.5. The Hall–Kier alpha value is -6.00. The molecule has 3 heterocycles. The lowest BCUT2D eigenvalue weighted by molar-refractivity contribution is 1.21. The Labute approximate surface area is 268 Å². The predicted molar refractivity (Wildman–Crippen MR) is 189 cm³/mol. The molecular weight excluding hydrogens is 560 g/mol. The van der Waals surface area contributed by atoms with Crippen LogP contribution < -0.4 is 0 Å². The van der Waals surface area contributed by atoms with Crippen molar-refractivity contribution in [1.82, 2.24) is 19.9 Å². The molecule has 0 aliphatic heterocycles. The van der Waals surface area contributed by atoms with Gasteiger partial charge in [-0.3, -0.25) is 9.97 Å². The Kier molecular flexibility index (Phi) is 6.88. The van der Waals surface area contributed by atoms with Gasteiger partial charge in [-0.15, -0.1) is 0 Å². The quantitative estimate of drug-likeness (QED) is 0.187. The van der Waals surface area contributed by atoms with Crippen molar-refractivity contribution < 1.29 is 0 Å². The number of aromatic nitrogens is 4. The molecule has 4 heteroatoms. The lowest BCUT2D eigenvalue weighted by Gasteiger charge is -2.16. The van der Waals surface area contributed by atoms with Gasteiger partial charge in [0.15, 0.2) is 0 Å². The highest BCUT2D eigenvalue weighted by Crippen LogP contribution is 2.38. The van der Waals surface area contributed by atoms with Crippen molar-refractivity contribution in [1.29, 1.82) is 0 Å². The van der Waals surface area contributed by atoms with Crippen LogP contribution in [0.1, 0.15) is 11.4 Å². The molecule has 0 aliphatic carbocycles. The summed E-state index contributed by atoms with van der Waals surface area (Å²) in [6, 6.07) is 50.3. The summed E-state index contributed by atoms with van der Waals surface area (Å²) in [5.41, 5.74) is 13.6. The van der Waals surface area contributed by atoms with E-state index in [2.05, 4.69) is 84.9 Å². The summed E-state index contributed by atoms with van der Waals surface area (Å²) in [7, 11) is 0. The van der Waals surface area contributed by atoms with Crippen LogP contribution >= 0.6 is 0 Å². The number of pyridine rings is 2. The van der Waals surface area contributed by atoms with E-state index in [9.17, 15) is 0 Å². The van der Waals surface area contributed by atoms with Gasteiger partial charge in [-0.2, -0.15) is 0 Å². The van der Waals surface area contributed by atoms with Crippen LogP contribution in [0.15, 0.2) is 146 Å². The molecule has 0 N–H and O–H groups in total. The zero-order valence-electron chi connectivity index (χ0n) is 25.6. The average molecular weight is 591 g/mol. The highest BCUT2D eigenvalue weighted by atomic mass is 14.9. The average Bonchev–Trinajstić information content (AvgIpc) is 3.12. The van der Waals surface area contributed by atoms with Crippen molar-refractivity contribution in [2.24, 2.45) is 0 Å². The number of rotatable bonds is 5. The van der Waals surface area contributed by atoms with Crippen molar-refractivity contribution in [2.75, 3.05) is 0 Å². The molecule has 0 radical (unpaired) electrons. The first-order valence-electron chi connectivity index (χ1n) is 15.5. The molecule has 0 spiro atoms. The number of hydrogen-bond donors (Lipinski definition) is 0. The molecule has 8 rings (SSSR count). The third kappa shape index (κ3) is 5.00. The van der Waals surface area contributed by atoms with E-state index in [0.717, 1.165) is 89.4 Å². The van der Waals surface area contributed by atoms with Crippen molar-refractivity contribution in [2.45, 2.75) is 13.8 Å². The normalized spacial score (nSPS) is 11.3. The molecule has 0 saturated carbocycles. The van der Waals surface area contributed by atoms with Gasteiger partial charge in [0, 0.05) is 44.4 Å². The summed E-state index contributed by atoms with van der Waals surface area (Å²) in [5, 5.41) is 2.19. The van der Waals surface area contributed by atoms with Gasteiger partial charge in [0.2, 0.25) is 0 Å². The van der Waals surface area contributed by atoms with Crippen LogP contribution in [0.3, 0.4) is 0 Å². The Bertz CT molecular complexity index is 2350. The Morgan fingerprint density at radius 2 is 0.783 bits per heavy atom. The summed E-state index contributed by atoms with van der Waals surface area (Å²) >= 11 is 0. The lowest BCUT2D eigenvalue weighted by Crippen LogP contribution is -2.00. The summed E-state index contributed by atoms with van der Waals surface area (Å²) < 4.78 is 0. The Balaban J connectivity index is 1.32. The monoisotopic (exact) mass is 590 g/mol. The molecule has 218 valence electrons.